The summed E-state index contributed by atoms with van der Waals surface area (Å²) in [5.41, 5.74) is 3.82. The second-order valence-electron chi connectivity index (χ2n) is 10.2. The van der Waals surface area contributed by atoms with Crippen LogP contribution >= 0.6 is 0 Å². The van der Waals surface area contributed by atoms with Gasteiger partial charge in [-0.25, -0.2) is 0 Å². The third-order valence-electron chi connectivity index (χ3n) is 7.31. The van der Waals surface area contributed by atoms with Crippen molar-refractivity contribution in [3.8, 4) is 5.75 Å². The van der Waals surface area contributed by atoms with Gasteiger partial charge >= 0.3 is 0 Å². The lowest BCUT2D eigenvalue weighted by atomic mass is 10.1. The van der Waals surface area contributed by atoms with Gasteiger partial charge in [0.2, 0.25) is 11.8 Å². The molecule has 1 aliphatic rings. The molecule has 0 atom stereocenters. The minimum absolute atomic E-state index is 0.0109. The molecule has 4 aromatic rings. The van der Waals surface area contributed by atoms with Crippen LogP contribution < -0.4 is 4.74 Å². The van der Waals surface area contributed by atoms with Gasteiger partial charge < -0.3 is 19.5 Å². The van der Waals surface area contributed by atoms with Gasteiger partial charge in [-0.05, 0) is 72.4 Å². The second-order valence-corrected chi connectivity index (χ2v) is 10.2. The summed E-state index contributed by atoms with van der Waals surface area (Å²) >= 11 is 0. The summed E-state index contributed by atoms with van der Waals surface area (Å²) in [6, 6.07) is 21.8. The molecule has 1 aromatic heterocycles. The molecule has 1 fully saturated rings. The summed E-state index contributed by atoms with van der Waals surface area (Å²) in [4.78, 5) is 44.1. The number of aromatic nitrogens is 1. The SMILES string of the molecule is COc1ccc(CN(CCc2c[nH]c3ccccc23)C(=O)CN(C(=O)C=Cc2ccc([N+](=O)[O-])cc2)C2CC2)cc1. The minimum Gasteiger partial charge on any atom is -0.497 e. The molecular weight excluding hydrogens is 520 g/mol. The predicted molar refractivity (Wildman–Crippen MR) is 157 cm³/mol. The van der Waals surface area contributed by atoms with Crippen molar-refractivity contribution in [3.63, 3.8) is 0 Å². The summed E-state index contributed by atoms with van der Waals surface area (Å²) in [7, 11) is 1.62. The Hall–Kier alpha value is -4.92. The Kier molecular flexibility index (Phi) is 8.43. The topological polar surface area (TPSA) is 109 Å². The monoisotopic (exact) mass is 552 g/mol. The predicted octanol–water partition coefficient (Wildman–Crippen LogP) is 5.36. The average Bonchev–Trinajstić information content (AvgIpc) is 3.76. The molecule has 1 heterocycles. The third-order valence-corrected chi connectivity index (χ3v) is 7.31. The number of nitro groups is 1. The molecule has 2 amide bonds. The molecule has 5 rings (SSSR count). The number of nitrogens with one attached hydrogen (secondary N) is 1. The number of aromatic amines is 1. The van der Waals surface area contributed by atoms with Crippen LogP contribution in [0.5, 0.6) is 5.75 Å². The minimum atomic E-state index is -0.463. The molecule has 0 saturated heterocycles. The number of carbonyl (C=O) groups excluding carboxylic acids is 2. The number of carbonyl (C=O) groups is 2. The molecule has 0 spiro atoms. The standard InChI is InChI=1S/C32H32N4O5/c1-41-28-15-8-24(9-16-28)21-34(19-18-25-20-33-30-5-3-2-4-29(25)30)32(38)22-35(26-13-14-26)31(37)17-10-23-6-11-27(12-7-23)36(39)40/h2-12,15-17,20,26,33H,13-14,18-19,21-22H2,1H3. The molecule has 9 heteroatoms. The van der Waals surface area contributed by atoms with Gasteiger partial charge in [0.1, 0.15) is 12.3 Å². The van der Waals surface area contributed by atoms with E-state index in [0.29, 0.717) is 25.1 Å². The Morgan fingerprint density at radius 2 is 1.78 bits per heavy atom. The Balaban J connectivity index is 1.30. The molecular formula is C32H32N4O5. The molecule has 0 unspecified atom stereocenters. The first-order valence-electron chi connectivity index (χ1n) is 13.6. The fraction of sp³-hybridized carbons (Fsp3) is 0.250. The number of fused-ring (bicyclic) bond motifs is 1. The molecule has 0 radical (unpaired) electrons. The van der Waals surface area contributed by atoms with E-state index in [9.17, 15) is 19.7 Å². The zero-order valence-electron chi connectivity index (χ0n) is 22.9. The maximum atomic E-state index is 13.7. The summed E-state index contributed by atoms with van der Waals surface area (Å²) in [6.45, 7) is 0.896. The van der Waals surface area contributed by atoms with E-state index in [0.717, 1.165) is 40.6 Å². The van der Waals surface area contributed by atoms with Gasteiger partial charge in [0.25, 0.3) is 5.69 Å². The van der Waals surface area contributed by atoms with Gasteiger partial charge in [-0.3, -0.25) is 19.7 Å². The number of para-hydroxylation sites is 1. The number of hydrogen-bond acceptors (Lipinski definition) is 5. The Labute approximate surface area is 238 Å². The van der Waals surface area contributed by atoms with E-state index in [2.05, 4.69) is 11.1 Å². The molecule has 9 nitrogen and oxygen atoms in total. The first-order valence-corrected chi connectivity index (χ1v) is 13.6. The van der Waals surface area contributed by atoms with E-state index in [-0.39, 0.29) is 30.1 Å². The number of non-ortho nitro benzene ring substituents is 1. The van der Waals surface area contributed by atoms with Crippen LogP contribution in [0, 0.1) is 10.1 Å². The van der Waals surface area contributed by atoms with Crippen LogP contribution in [0.2, 0.25) is 0 Å². The highest BCUT2D eigenvalue weighted by Crippen LogP contribution is 2.28. The summed E-state index contributed by atoms with van der Waals surface area (Å²) in [6.07, 6.45) is 7.44. The summed E-state index contributed by atoms with van der Waals surface area (Å²) in [5, 5.41) is 12.0. The molecule has 1 saturated carbocycles. The van der Waals surface area contributed by atoms with E-state index < -0.39 is 4.92 Å². The first-order chi connectivity index (χ1) is 19.9. The van der Waals surface area contributed by atoms with Crippen molar-refractivity contribution in [1.82, 2.24) is 14.8 Å². The Morgan fingerprint density at radius 3 is 2.46 bits per heavy atom. The second kappa shape index (κ2) is 12.5. The number of nitrogens with zero attached hydrogens (tertiary/aromatic N) is 3. The number of ether oxygens (including phenoxy) is 1. The number of hydrogen-bond donors (Lipinski definition) is 1. The van der Waals surface area contributed by atoms with Crippen LogP contribution in [0.3, 0.4) is 0 Å². The fourth-order valence-corrected chi connectivity index (χ4v) is 4.83. The van der Waals surface area contributed by atoms with Crippen molar-refractivity contribution in [1.29, 1.82) is 0 Å². The van der Waals surface area contributed by atoms with Gasteiger partial charge in [0, 0.05) is 54.4 Å². The van der Waals surface area contributed by atoms with Crippen molar-refractivity contribution in [3.05, 3.63) is 112 Å². The fourth-order valence-electron chi connectivity index (χ4n) is 4.83. The first kappa shape index (κ1) is 27.6. The van der Waals surface area contributed by atoms with E-state index in [1.807, 2.05) is 53.6 Å². The Bertz CT molecular complexity index is 1560. The van der Waals surface area contributed by atoms with Gasteiger partial charge in [-0.15, -0.1) is 0 Å². The van der Waals surface area contributed by atoms with Crippen LogP contribution in [0.1, 0.15) is 29.5 Å². The van der Waals surface area contributed by atoms with Gasteiger partial charge in [0.05, 0.1) is 12.0 Å². The number of H-pyrrole nitrogens is 1. The van der Waals surface area contributed by atoms with Crippen molar-refractivity contribution in [2.45, 2.75) is 31.8 Å². The van der Waals surface area contributed by atoms with Gasteiger partial charge in [-0.1, -0.05) is 30.3 Å². The van der Waals surface area contributed by atoms with Crippen LogP contribution in [0.25, 0.3) is 17.0 Å². The zero-order valence-corrected chi connectivity index (χ0v) is 22.9. The number of rotatable bonds is 12. The van der Waals surface area contributed by atoms with Crippen molar-refractivity contribution in [2.75, 3.05) is 20.2 Å². The largest absolute Gasteiger partial charge is 0.497 e. The van der Waals surface area contributed by atoms with Crippen LogP contribution in [0.4, 0.5) is 5.69 Å². The van der Waals surface area contributed by atoms with E-state index in [1.54, 1.807) is 30.2 Å². The molecule has 210 valence electrons. The number of methoxy groups -OCH3 is 1. The van der Waals surface area contributed by atoms with Crippen LogP contribution in [-0.2, 0) is 22.6 Å². The van der Waals surface area contributed by atoms with Crippen LogP contribution in [0.15, 0.2) is 85.1 Å². The average molecular weight is 553 g/mol. The number of nitro benzene ring substituents is 1. The molecule has 1 aliphatic carbocycles. The zero-order chi connectivity index (χ0) is 28.8. The van der Waals surface area contributed by atoms with Crippen molar-refractivity contribution < 1.29 is 19.2 Å². The molecule has 41 heavy (non-hydrogen) atoms. The van der Waals surface area contributed by atoms with Gasteiger partial charge in [0.15, 0.2) is 0 Å². The number of benzene rings is 3. The van der Waals surface area contributed by atoms with E-state index in [1.165, 1.54) is 18.2 Å². The highest BCUT2D eigenvalue weighted by Gasteiger charge is 2.34. The molecule has 1 N–H and O–H groups in total. The van der Waals surface area contributed by atoms with Crippen molar-refractivity contribution >= 4 is 34.5 Å². The lowest BCUT2D eigenvalue weighted by Crippen LogP contribution is -2.43. The van der Waals surface area contributed by atoms with E-state index >= 15 is 0 Å². The smallest absolute Gasteiger partial charge is 0.269 e. The molecule has 0 bridgehead atoms. The summed E-state index contributed by atoms with van der Waals surface area (Å²) < 4.78 is 5.28. The van der Waals surface area contributed by atoms with Crippen molar-refractivity contribution in [2.24, 2.45) is 0 Å². The molecule has 3 aromatic carbocycles. The number of amides is 2. The van der Waals surface area contributed by atoms with E-state index in [4.69, 9.17) is 4.74 Å². The summed E-state index contributed by atoms with van der Waals surface area (Å²) in [5.74, 6) is 0.376. The quantitative estimate of drug-likeness (QED) is 0.145. The Morgan fingerprint density at radius 1 is 1.05 bits per heavy atom. The lowest BCUT2D eigenvalue weighted by molar-refractivity contribution is -0.384. The third kappa shape index (κ3) is 7.00. The highest BCUT2D eigenvalue weighted by molar-refractivity contribution is 5.95. The maximum Gasteiger partial charge on any atom is 0.269 e. The van der Waals surface area contributed by atoms with Gasteiger partial charge in [-0.2, -0.15) is 0 Å². The maximum absolute atomic E-state index is 13.7. The normalized spacial score (nSPS) is 12.9. The highest BCUT2D eigenvalue weighted by atomic mass is 16.6. The van der Waals surface area contributed by atoms with Crippen LogP contribution in [-0.4, -0.2) is 57.8 Å². The lowest BCUT2D eigenvalue weighted by Gasteiger charge is -2.27. The molecule has 0 aliphatic heterocycles.